The minimum Gasteiger partial charge on any atom is -0.390 e. The van der Waals surface area contributed by atoms with Gasteiger partial charge in [-0.3, -0.25) is 4.79 Å². The third kappa shape index (κ3) is 2.73. The van der Waals surface area contributed by atoms with Crippen LogP contribution in [0.5, 0.6) is 0 Å². The summed E-state index contributed by atoms with van der Waals surface area (Å²) in [6.07, 6.45) is 2.03. The van der Waals surface area contributed by atoms with Crippen LogP contribution in [0.4, 0.5) is 8.78 Å². The first-order chi connectivity index (χ1) is 10.5. The predicted molar refractivity (Wildman–Crippen MR) is 75.4 cm³/mol. The quantitative estimate of drug-likeness (QED) is 0.864. The molecule has 2 aliphatic rings. The number of carbonyl (C=O) groups is 1. The second kappa shape index (κ2) is 5.93. The summed E-state index contributed by atoms with van der Waals surface area (Å²) >= 11 is 0. The van der Waals surface area contributed by atoms with E-state index < -0.39 is 29.2 Å². The zero-order valence-corrected chi connectivity index (χ0v) is 12.2. The highest BCUT2D eigenvalue weighted by molar-refractivity contribution is 5.94. The summed E-state index contributed by atoms with van der Waals surface area (Å²) in [5, 5.41) is 10.2. The topological polar surface area (TPSA) is 49.8 Å². The number of hydrogen-bond acceptors (Lipinski definition) is 3. The van der Waals surface area contributed by atoms with E-state index in [9.17, 15) is 18.7 Å². The number of amides is 1. The lowest BCUT2D eigenvalue weighted by atomic mass is 9.82. The summed E-state index contributed by atoms with van der Waals surface area (Å²) in [5.41, 5.74) is -0.837. The molecule has 2 fully saturated rings. The van der Waals surface area contributed by atoms with E-state index in [2.05, 4.69) is 0 Å². The monoisotopic (exact) mass is 311 g/mol. The van der Waals surface area contributed by atoms with Gasteiger partial charge in [-0.2, -0.15) is 0 Å². The normalized spacial score (nSPS) is 24.5. The Hall–Kier alpha value is -1.53. The maximum atomic E-state index is 13.7. The molecule has 1 N–H and O–H groups in total. The lowest BCUT2D eigenvalue weighted by molar-refractivity contribution is -0.174. The number of nitrogens with zero attached hydrogens (tertiary/aromatic N) is 1. The molecular weight excluding hydrogens is 292 g/mol. The Morgan fingerprint density at radius 3 is 2.73 bits per heavy atom. The van der Waals surface area contributed by atoms with Crippen molar-refractivity contribution in [2.45, 2.75) is 37.4 Å². The Bertz CT molecular complexity index is 571. The molecule has 4 nitrogen and oxygen atoms in total. The van der Waals surface area contributed by atoms with E-state index in [0.29, 0.717) is 39.0 Å². The number of aliphatic hydroxyl groups is 1. The highest BCUT2D eigenvalue weighted by Crippen LogP contribution is 2.35. The zero-order valence-electron chi connectivity index (χ0n) is 12.2. The molecule has 1 atom stereocenters. The van der Waals surface area contributed by atoms with Crippen molar-refractivity contribution in [3.05, 3.63) is 35.4 Å². The van der Waals surface area contributed by atoms with Gasteiger partial charge >= 0.3 is 0 Å². The largest absolute Gasteiger partial charge is 0.390 e. The van der Waals surface area contributed by atoms with Crippen LogP contribution in [-0.2, 0) is 4.74 Å². The Labute approximate surface area is 127 Å². The van der Waals surface area contributed by atoms with Crippen LogP contribution in [0.15, 0.2) is 18.2 Å². The molecule has 2 heterocycles. The molecule has 0 radical (unpaired) electrons. The Kier molecular flexibility index (Phi) is 4.14. The van der Waals surface area contributed by atoms with Gasteiger partial charge in [0.05, 0.1) is 17.3 Å². The molecule has 1 spiro atoms. The molecule has 1 aromatic rings. The number of carbonyl (C=O) groups excluding carboxylic acids is 1. The van der Waals surface area contributed by atoms with Gasteiger partial charge in [-0.1, -0.05) is 0 Å². The van der Waals surface area contributed by atoms with Gasteiger partial charge in [-0.25, -0.2) is 8.78 Å². The molecule has 1 aromatic carbocycles. The fourth-order valence-electron chi connectivity index (χ4n) is 3.31. The minimum atomic E-state index is -0.722. The number of hydrogen-bond donors (Lipinski definition) is 1. The first-order valence-corrected chi connectivity index (χ1v) is 7.58. The fourth-order valence-corrected chi connectivity index (χ4v) is 3.31. The van der Waals surface area contributed by atoms with E-state index in [1.807, 2.05) is 0 Å². The highest BCUT2D eigenvalue weighted by atomic mass is 19.1. The molecule has 3 rings (SSSR count). The van der Waals surface area contributed by atoms with Crippen LogP contribution in [0.3, 0.4) is 0 Å². The summed E-state index contributed by atoms with van der Waals surface area (Å²) in [6, 6.07) is 2.87. The van der Waals surface area contributed by atoms with Crippen LogP contribution in [0.1, 0.15) is 36.0 Å². The van der Waals surface area contributed by atoms with Crippen LogP contribution < -0.4 is 0 Å². The second-order valence-corrected chi connectivity index (χ2v) is 5.99. The Morgan fingerprint density at radius 2 is 2.05 bits per heavy atom. The average molecular weight is 311 g/mol. The van der Waals surface area contributed by atoms with Crippen molar-refractivity contribution >= 4 is 5.91 Å². The van der Waals surface area contributed by atoms with Crippen molar-refractivity contribution in [3.8, 4) is 0 Å². The molecule has 0 aliphatic carbocycles. The molecule has 0 saturated carbocycles. The summed E-state index contributed by atoms with van der Waals surface area (Å²) in [7, 11) is 0. The number of ether oxygens (including phenoxy) is 1. The van der Waals surface area contributed by atoms with Gasteiger partial charge < -0.3 is 14.7 Å². The molecule has 120 valence electrons. The van der Waals surface area contributed by atoms with Gasteiger partial charge in [0, 0.05) is 19.7 Å². The number of rotatable bonds is 1. The number of aliphatic hydroxyl groups excluding tert-OH is 1. The third-order valence-electron chi connectivity index (χ3n) is 4.67. The first-order valence-electron chi connectivity index (χ1n) is 7.58. The van der Waals surface area contributed by atoms with E-state index in [1.54, 1.807) is 0 Å². The van der Waals surface area contributed by atoms with Gasteiger partial charge in [-0.05, 0) is 43.9 Å². The van der Waals surface area contributed by atoms with Crippen LogP contribution in [-0.4, -0.2) is 47.3 Å². The molecule has 2 aliphatic heterocycles. The maximum Gasteiger partial charge on any atom is 0.256 e. The van der Waals surface area contributed by atoms with Gasteiger partial charge in [-0.15, -0.1) is 0 Å². The average Bonchev–Trinajstić information content (AvgIpc) is 2.53. The molecule has 6 heteroatoms. The van der Waals surface area contributed by atoms with Crippen molar-refractivity contribution < 1.29 is 23.4 Å². The lowest BCUT2D eigenvalue weighted by Crippen LogP contribution is -2.56. The highest BCUT2D eigenvalue weighted by Gasteiger charge is 2.44. The maximum absolute atomic E-state index is 13.7. The number of benzene rings is 1. The minimum absolute atomic E-state index is 0.249. The molecule has 0 unspecified atom stereocenters. The van der Waals surface area contributed by atoms with Crippen LogP contribution in [0, 0.1) is 11.6 Å². The number of likely N-dealkylation sites (tertiary alicyclic amines) is 1. The van der Waals surface area contributed by atoms with Gasteiger partial charge in [0.1, 0.15) is 11.6 Å². The molecule has 0 bridgehead atoms. The summed E-state index contributed by atoms with van der Waals surface area (Å²) < 4.78 is 32.7. The summed E-state index contributed by atoms with van der Waals surface area (Å²) in [4.78, 5) is 13.8. The van der Waals surface area contributed by atoms with Crippen molar-refractivity contribution in [1.29, 1.82) is 0 Å². The number of piperidine rings is 1. The first kappa shape index (κ1) is 15.4. The standard InChI is InChI=1S/C16H19F2NO3/c17-11-3-4-13(18)12(10-11)15(21)19-7-5-16(6-8-19)14(20)2-1-9-22-16/h3-4,10,14,20H,1-2,5-9H2/t14-/m1/s1. The molecule has 0 aromatic heterocycles. The Morgan fingerprint density at radius 1 is 1.32 bits per heavy atom. The van der Waals surface area contributed by atoms with E-state index in [1.165, 1.54) is 4.90 Å². The van der Waals surface area contributed by atoms with E-state index in [0.717, 1.165) is 24.6 Å². The zero-order chi connectivity index (χ0) is 15.7. The molecule has 2 saturated heterocycles. The third-order valence-corrected chi connectivity index (χ3v) is 4.67. The smallest absolute Gasteiger partial charge is 0.256 e. The fraction of sp³-hybridized carbons (Fsp3) is 0.562. The SMILES string of the molecule is O=C(c1cc(F)ccc1F)N1CCC2(CC1)OCCC[C@H]2O. The van der Waals surface area contributed by atoms with Crippen molar-refractivity contribution in [3.63, 3.8) is 0 Å². The van der Waals surface area contributed by atoms with Crippen LogP contribution in [0.25, 0.3) is 0 Å². The molecular formula is C16H19F2NO3. The Balaban J connectivity index is 1.71. The van der Waals surface area contributed by atoms with Crippen LogP contribution in [0.2, 0.25) is 0 Å². The van der Waals surface area contributed by atoms with E-state index in [-0.39, 0.29) is 5.56 Å². The van der Waals surface area contributed by atoms with Crippen molar-refractivity contribution in [2.75, 3.05) is 19.7 Å². The second-order valence-electron chi connectivity index (χ2n) is 5.99. The van der Waals surface area contributed by atoms with Crippen LogP contribution >= 0.6 is 0 Å². The van der Waals surface area contributed by atoms with E-state index >= 15 is 0 Å². The van der Waals surface area contributed by atoms with Gasteiger partial charge in [0.2, 0.25) is 0 Å². The summed E-state index contributed by atoms with van der Waals surface area (Å²) in [5.74, 6) is -1.87. The van der Waals surface area contributed by atoms with Gasteiger partial charge in [0.15, 0.2) is 0 Å². The summed E-state index contributed by atoms with van der Waals surface area (Å²) in [6.45, 7) is 1.35. The van der Waals surface area contributed by atoms with Crippen molar-refractivity contribution in [1.82, 2.24) is 4.90 Å². The molecule has 22 heavy (non-hydrogen) atoms. The predicted octanol–water partition coefficient (Wildman–Crippen LogP) is 2.11. The number of halogens is 2. The van der Waals surface area contributed by atoms with Gasteiger partial charge in [0.25, 0.3) is 5.91 Å². The van der Waals surface area contributed by atoms with Crippen molar-refractivity contribution in [2.24, 2.45) is 0 Å². The lowest BCUT2D eigenvalue weighted by Gasteiger charge is -2.46. The molecule has 1 amide bonds. The van der Waals surface area contributed by atoms with E-state index in [4.69, 9.17) is 4.74 Å².